The van der Waals surface area contributed by atoms with Gasteiger partial charge in [0.1, 0.15) is 0 Å². The Morgan fingerprint density at radius 2 is 2.03 bits per heavy atom. The maximum absolute atomic E-state index is 5.46. The van der Waals surface area contributed by atoms with Gasteiger partial charge in [-0.2, -0.15) is 0 Å². The summed E-state index contributed by atoms with van der Waals surface area (Å²) in [5.74, 6) is 0. The first-order chi connectivity index (χ1) is 14.3. The summed E-state index contributed by atoms with van der Waals surface area (Å²) >= 11 is 1.75. The summed E-state index contributed by atoms with van der Waals surface area (Å²) in [5.41, 5.74) is 8.87. The van der Waals surface area contributed by atoms with Gasteiger partial charge < -0.3 is 9.64 Å². The number of anilines is 1. The van der Waals surface area contributed by atoms with Crippen LogP contribution in [0.2, 0.25) is 0 Å². The van der Waals surface area contributed by atoms with Gasteiger partial charge in [0.25, 0.3) is 0 Å². The van der Waals surface area contributed by atoms with Crippen molar-refractivity contribution in [1.29, 1.82) is 0 Å². The molecule has 5 rings (SSSR count). The molecule has 3 aliphatic rings. The van der Waals surface area contributed by atoms with Crippen LogP contribution < -0.4 is 10.4 Å². The fraction of sp³-hybridized carbons (Fsp3) is 0.500. The number of para-hydroxylation sites is 1. The third-order valence-electron chi connectivity index (χ3n) is 6.00. The molecule has 6 nitrogen and oxygen atoms in total. The minimum Gasteiger partial charge on any atom is -0.379 e. The van der Waals surface area contributed by atoms with Crippen LogP contribution in [-0.4, -0.2) is 67.3 Å². The number of hydrogen-bond acceptors (Lipinski definition) is 7. The Kier molecular flexibility index (Phi) is 5.44. The van der Waals surface area contributed by atoms with Gasteiger partial charge in [0, 0.05) is 44.0 Å². The topological polar surface area (TPSA) is 43.9 Å². The van der Waals surface area contributed by atoms with Crippen LogP contribution in [0.3, 0.4) is 0 Å². The zero-order chi connectivity index (χ0) is 19.6. The normalized spacial score (nSPS) is 20.2. The maximum atomic E-state index is 5.46. The molecule has 154 valence electrons. The molecule has 2 aromatic rings. The van der Waals surface area contributed by atoms with Crippen molar-refractivity contribution in [3.05, 3.63) is 47.3 Å². The second-order valence-corrected chi connectivity index (χ2v) is 8.82. The van der Waals surface area contributed by atoms with Crippen LogP contribution in [0, 0.1) is 0 Å². The van der Waals surface area contributed by atoms with Crippen molar-refractivity contribution in [2.24, 2.45) is 0 Å². The zero-order valence-electron chi connectivity index (χ0n) is 17.1. The van der Waals surface area contributed by atoms with Crippen molar-refractivity contribution >= 4 is 26.7 Å². The van der Waals surface area contributed by atoms with Crippen LogP contribution in [0.1, 0.15) is 19.8 Å². The van der Waals surface area contributed by atoms with Gasteiger partial charge in [-0.25, -0.2) is 4.98 Å². The van der Waals surface area contributed by atoms with Gasteiger partial charge in [-0.1, -0.05) is 30.4 Å². The van der Waals surface area contributed by atoms with E-state index in [9.17, 15) is 0 Å². The summed E-state index contributed by atoms with van der Waals surface area (Å²) in [7, 11) is 0. The van der Waals surface area contributed by atoms with E-state index >= 15 is 0 Å². The number of benzene rings is 1. The van der Waals surface area contributed by atoms with Crippen LogP contribution in [0.5, 0.6) is 0 Å². The van der Waals surface area contributed by atoms with Gasteiger partial charge in [0.15, 0.2) is 0 Å². The summed E-state index contributed by atoms with van der Waals surface area (Å²) in [5, 5.41) is 3.25. The lowest BCUT2D eigenvalue weighted by Crippen LogP contribution is -2.38. The average Bonchev–Trinajstić information content (AvgIpc) is 3.38. The highest BCUT2D eigenvalue weighted by atomic mass is 32.1. The van der Waals surface area contributed by atoms with E-state index in [1.807, 2.05) is 0 Å². The van der Waals surface area contributed by atoms with E-state index in [0.29, 0.717) is 0 Å². The second-order valence-electron chi connectivity index (χ2n) is 7.81. The van der Waals surface area contributed by atoms with Crippen molar-refractivity contribution in [3.63, 3.8) is 0 Å². The molecule has 0 atom stereocenters. The number of rotatable bonds is 6. The molecule has 0 saturated carbocycles. The number of thiazole rings is 1. The molecule has 0 aliphatic carbocycles. The number of ether oxygens (including phenoxy) is 1. The molecule has 0 unspecified atom stereocenters. The van der Waals surface area contributed by atoms with Gasteiger partial charge in [0.2, 0.25) is 5.13 Å². The molecule has 0 spiro atoms. The molecule has 1 aromatic heterocycles. The third kappa shape index (κ3) is 3.86. The summed E-state index contributed by atoms with van der Waals surface area (Å²) in [4.78, 5) is 9.93. The minimum absolute atomic E-state index is 0.882. The van der Waals surface area contributed by atoms with E-state index in [1.165, 1.54) is 34.6 Å². The van der Waals surface area contributed by atoms with Crippen molar-refractivity contribution < 1.29 is 4.74 Å². The van der Waals surface area contributed by atoms with E-state index in [1.54, 1.807) is 11.3 Å². The van der Waals surface area contributed by atoms with Crippen molar-refractivity contribution in [3.8, 4) is 0 Å². The van der Waals surface area contributed by atoms with Crippen LogP contribution in [0.25, 0.3) is 10.2 Å². The van der Waals surface area contributed by atoms with Crippen LogP contribution in [0.15, 0.2) is 47.3 Å². The Morgan fingerprint density at radius 3 is 2.86 bits per heavy atom. The van der Waals surface area contributed by atoms with Gasteiger partial charge in [-0.3, -0.25) is 15.3 Å². The number of hydrogen-bond donors (Lipinski definition) is 1. The molecule has 4 heterocycles. The van der Waals surface area contributed by atoms with E-state index in [4.69, 9.17) is 9.72 Å². The molecule has 2 fully saturated rings. The number of morpholine rings is 1. The molecule has 29 heavy (non-hydrogen) atoms. The van der Waals surface area contributed by atoms with Crippen molar-refractivity contribution in [2.45, 2.75) is 19.8 Å². The second kappa shape index (κ2) is 8.34. The van der Waals surface area contributed by atoms with Gasteiger partial charge in [-0.05, 0) is 31.1 Å². The van der Waals surface area contributed by atoms with Crippen molar-refractivity contribution in [1.82, 2.24) is 20.2 Å². The quantitative estimate of drug-likeness (QED) is 0.788. The SMILES string of the molecule is CCC1=C2CN(c3nc4ccccc4s3)NC2=CCN1CCCN1CCOCC1. The number of fused-ring (bicyclic) bond motifs is 2. The lowest BCUT2D eigenvalue weighted by Gasteiger charge is -2.32. The Bertz CT molecular complexity index is 897. The van der Waals surface area contributed by atoms with E-state index in [0.717, 1.165) is 63.0 Å². The fourth-order valence-corrected chi connectivity index (χ4v) is 5.40. The first-order valence-corrected chi connectivity index (χ1v) is 11.5. The molecular formula is C22H29N5OS. The number of allylic oxidation sites excluding steroid dienone is 1. The fourth-order valence-electron chi connectivity index (χ4n) is 4.48. The highest BCUT2D eigenvalue weighted by molar-refractivity contribution is 7.22. The van der Waals surface area contributed by atoms with Gasteiger partial charge in [-0.15, -0.1) is 0 Å². The van der Waals surface area contributed by atoms with Crippen LogP contribution in [0.4, 0.5) is 5.13 Å². The number of aromatic nitrogens is 1. The van der Waals surface area contributed by atoms with Crippen molar-refractivity contribution in [2.75, 3.05) is 57.5 Å². The predicted molar refractivity (Wildman–Crippen MR) is 119 cm³/mol. The lowest BCUT2D eigenvalue weighted by molar-refractivity contribution is 0.0365. The molecular weight excluding hydrogens is 382 g/mol. The molecule has 3 aliphatic heterocycles. The summed E-state index contributed by atoms with van der Waals surface area (Å²) in [6, 6.07) is 8.37. The number of nitrogens with zero attached hydrogens (tertiary/aromatic N) is 4. The molecule has 0 amide bonds. The first kappa shape index (κ1) is 18.9. The molecule has 0 bridgehead atoms. The Hall–Kier alpha value is -2.09. The largest absolute Gasteiger partial charge is 0.379 e. The van der Waals surface area contributed by atoms with E-state index in [2.05, 4.69) is 57.5 Å². The molecule has 0 radical (unpaired) electrons. The highest BCUT2D eigenvalue weighted by Gasteiger charge is 2.30. The smallest absolute Gasteiger partial charge is 0.205 e. The number of nitrogens with one attached hydrogen (secondary N) is 1. The molecule has 1 N–H and O–H groups in total. The number of hydrazine groups is 1. The Labute approximate surface area is 176 Å². The monoisotopic (exact) mass is 411 g/mol. The third-order valence-corrected chi connectivity index (χ3v) is 7.06. The maximum Gasteiger partial charge on any atom is 0.205 e. The van der Waals surface area contributed by atoms with E-state index < -0.39 is 0 Å². The highest BCUT2D eigenvalue weighted by Crippen LogP contribution is 2.34. The van der Waals surface area contributed by atoms with Gasteiger partial charge in [0.05, 0.1) is 35.7 Å². The Balaban J connectivity index is 1.27. The average molecular weight is 412 g/mol. The summed E-state index contributed by atoms with van der Waals surface area (Å²) < 4.78 is 6.70. The molecule has 2 saturated heterocycles. The first-order valence-electron chi connectivity index (χ1n) is 10.7. The van der Waals surface area contributed by atoms with E-state index in [-0.39, 0.29) is 0 Å². The predicted octanol–water partition coefficient (Wildman–Crippen LogP) is 3.21. The van der Waals surface area contributed by atoms with Gasteiger partial charge >= 0.3 is 0 Å². The molecule has 7 heteroatoms. The molecule has 1 aromatic carbocycles. The summed E-state index contributed by atoms with van der Waals surface area (Å²) in [6.45, 7) is 10.4. The Morgan fingerprint density at radius 1 is 1.17 bits per heavy atom. The zero-order valence-corrected chi connectivity index (χ0v) is 17.9. The minimum atomic E-state index is 0.882. The lowest BCUT2D eigenvalue weighted by atomic mass is 10.0. The van der Waals surface area contributed by atoms with Crippen LogP contribution >= 0.6 is 11.3 Å². The van der Waals surface area contributed by atoms with Crippen LogP contribution in [-0.2, 0) is 4.74 Å². The standard InChI is InChI=1S/C22H29N5OS/c1-2-20-17-16-27(22-23-19-6-3-4-7-21(19)29-22)24-18(17)8-11-26(20)10-5-9-25-12-14-28-15-13-25/h3-4,6-8,24H,2,5,9-16H2,1H3. The summed E-state index contributed by atoms with van der Waals surface area (Å²) in [6.07, 6.45) is 4.62.